The van der Waals surface area contributed by atoms with E-state index in [9.17, 15) is 0 Å². The number of benzene rings is 1. The van der Waals surface area contributed by atoms with Crippen LogP contribution in [0.5, 0.6) is 0 Å². The molecule has 0 fully saturated rings. The molecule has 2 aromatic rings. The van der Waals surface area contributed by atoms with Gasteiger partial charge in [-0.25, -0.2) is 0 Å². The summed E-state index contributed by atoms with van der Waals surface area (Å²) in [4.78, 5) is 4.42. The molecule has 0 aliphatic carbocycles. The maximum Gasteiger partial charge on any atom is 0.232 e. The van der Waals surface area contributed by atoms with Crippen molar-refractivity contribution in [3.8, 4) is 0 Å². The molecule has 3 nitrogen and oxygen atoms in total. The SMILES string of the molecule is CC(C)(C)c1nc(CSCc2ccc(Br)cc2)no1. The number of hydrogen-bond donors (Lipinski definition) is 0. The molecule has 0 bridgehead atoms. The van der Waals surface area contributed by atoms with Crippen LogP contribution in [0, 0.1) is 0 Å². The Bertz CT molecular complexity index is 531. The fraction of sp³-hybridized carbons (Fsp3) is 0.429. The summed E-state index contributed by atoms with van der Waals surface area (Å²) in [6.45, 7) is 6.21. The highest BCUT2D eigenvalue weighted by Gasteiger charge is 2.21. The Morgan fingerprint density at radius 2 is 1.84 bits per heavy atom. The van der Waals surface area contributed by atoms with Crippen LogP contribution in [0.4, 0.5) is 0 Å². The van der Waals surface area contributed by atoms with Gasteiger partial charge in [0.05, 0.1) is 5.75 Å². The van der Waals surface area contributed by atoms with Crippen molar-refractivity contribution in [3.63, 3.8) is 0 Å². The first-order valence-corrected chi connectivity index (χ1v) is 8.05. The van der Waals surface area contributed by atoms with E-state index in [1.807, 2.05) is 0 Å². The van der Waals surface area contributed by atoms with Gasteiger partial charge in [-0.3, -0.25) is 0 Å². The third kappa shape index (κ3) is 4.35. The summed E-state index contributed by atoms with van der Waals surface area (Å²) < 4.78 is 6.37. The Labute approximate surface area is 126 Å². The second kappa shape index (κ2) is 6.09. The minimum absolute atomic E-state index is 0.0817. The molecule has 0 saturated heterocycles. The van der Waals surface area contributed by atoms with E-state index >= 15 is 0 Å². The Morgan fingerprint density at radius 3 is 2.42 bits per heavy atom. The topological polar surface area (TPSA) is 38.9 Å². The number of hydrogen-bond acceptors (Lipinski definition) is 4. The van der Waals surface area contributed by atoms with Crippen molar-refractivity contribution in [2.24, 2.45) is 0 Å². The lowest BCUT2D eigenvalue weighted by Crippen LogP contribution is -2.11. The van der Waals surface area contributed by atoms with Gasteiger partial charge in [0, 0.05) is 15.6 Å². The monoisotopic (exact) mass is 340 g/mol. The van der Waals surface area contributed by atoms with E-state index in [2.05, 4.69) is 71.1 Å². The van der Waals surface area contributed by atoms with Crippen molar-refractivity contribution in [2.75, 3.05) is 0 Å². The lowest BCUT2D eigenvalue weighted by molar-refractivity contribution is 0.319. The average molecular weight is 341 g/mol. The molecule has 0 aliphatic rings. The lowest BCUT2D eigenvalue weighted by atomic mass is 9.97. The molecule has 19 heavy (non-hydrogen) atoms. The quantitative estimate of drug-likeness (QED) is 0.817. The van der Waals surface area contributed by atoms with E-state index in [0.29, 0.717) is 5.89 Å². The van der Waals surface area contributed by atoms with E-state index in [1.165, 1.54) is 5.56 Å². The summed E-state index contributed by atoms with van der Waals surface area (Å²) in [6, 6.07) is 8.35. The molecule has 0 aliphatic heterocycles. The smallest absolute Gasteiger partial charge is 0.232 e. The second-order valence-corrected chi connectivity index (χ2v) is 7.29. The van der Waals surface area contributed by atoms with Crippen molar-refractivity contribution in [3.05, 3.63) is 46.0 Å². The Kier molecular flexibility index (Phi) is 4.68. The Hall–Kier alpha value is -0.810. The van der Waals surface area contributed by atoms with E-state index in [0.717, 1.165) is 21.8 Å². The Balaban J connectivity index is 1.86. The Morgan fingerprint density at radius 1 is 1.16 bits per heavy atom. The minimum Gasteiger partial charge on any atom is -0.339 e. The van der Waals surface area contributed by atoms with Crippen LogP contribution in [-0.4, -0.2) is 10.1 Å². The summed E-state index contributed by atoms with van der Waals surface area (Å²) in [5.74, 6) is 3.20. The fourth-order valence-electron chi connectivity index (χ4n) is 1.46. The van der Waals surface area contributed by atoms with Gasteiger partial charge in [-0.05, 0) is 17.7 Å². The van der Waals surface area contributed by atoms with Crippen LogP contribution in [0.3, 0.4) is 0 Å². The van der Waals surface area contributed by atoms with Crippen molar-refractivity contribution in [2.45, 2.75) is 37.7 Å². The molecule has 1 aromatic heterocycles. The highest BCUT2D eigenvalue weighted by Crippen LogP contribution is 2.22. The summed E-state index contributed by atoms with van der Waals surface area (Å²) in [5.41, 5.74) is 1.22. The summed E-state index contributed by atoms with van der Waals surface area (Å²) in [7, 11) is 0. The van der Waals surface area contributed by atoms with Gasteiger partial charge in [0.15, 0.2) is 5.82 Å². The molecule has 0 atom stereocenters. The first-order chi connectivity index (χ1) is 8.95. The van der Waals surface area contributed by atoms with Crippen molar-refractivity contribution >= 4 is 27.7 Å². The van der Waals surface area contributed by atoms with Gasteiger partial charge in [-0.2, -0.15) is 4.98 Å². The van der Waals surface area contributed by atoms with Crippen molar-refractivity contribution in [1.82, 2.24) is 10.1 Å². The zero-order chi connectivity index (χ0) is 13.9. The highest BCUT2D eigenvalue weighted by atomic mass is 79.9. The molecule has 1 aromatic carbocycles. The predicted octanol–water partition coefficient (Wildman–Crippen LogP) is 4.56. The zero-order valence-electron chi connectivity index (χ0n) is 11.3. The summed E-state index contributed by atoms with van der Waals surface area (Å²) in [5, 5.41) is 4.01. The molecular formula is C14H17BrN2OS. The maximum absolute atomic E-state index is 5.27. The number of rotatable bonds is 4. The summed E-state index contributed by atoms with van der Waals surface area (Å²) in [6.07, 6.45) is 0. The predicted molar refractivity (Wildman–Crippen MR) is 82.1 cm³/mol. The van der Waals surface area contributed by atoms with Crippen LogP contribution in [0.1, 0.15) is 38.0 Å². The standard InChI is InChI=1S/C14H17BrN2OS/c1-14(2,3)13-16-12(17-18-13)9-19-8-10-4-6-11(15)7-5-10/h4-7H,8-9H2,1-3H3. The largest absolute Gasteiger partial charge is 0.339 e. The third-order valence-electron chi connectivity index (χ3n) is 2.52. The zero-order valence-corrected chi connectivity index (χ0v) is 13.7. The van der Waals surface area contributed by atoms with Crippen LogP contribution in [0.15, 0.2) is 33.3 Å². The van der Waals surface area contributed by atoms with Crippen molar-refractivity contribution in [1.29, 1.82) is 0 Å². The maximum atomic E-state index is 5.27. The lowest BCUT2D eigenvalue weighted by Gasteiger charge is -2.10. The highest BCUT2D eigenvalue weighted by molar-refractivity contribution is 9.10. The number of nitrogens with zero attached hydrogens (tertiary/aromatic N) is 2. The molecule has 0 saturated carbocycles. The van der Waals surface area contributed by atoms with Gasteiger partial charge in [0.25, 0.3) is 0 Å². The normalized spacial score (nSPS) is 11.8. The molecule has 102 valence electrons. The van der Waals surface area contributed by atoms with Gasteiger partial charge in [0.2, 0.25) is 5.89 Å². The number of aromatic nitrogens is 2. The molecule has 0 radical (unpaired) electrons. The number of halogens is 1. The van der Waals surface area contributed by atoms with E-state index in [1.54, 1.807) is 11.8 Å². The van der Waals surface area contributed by atoms with Crippen LogP contribution < -0.4 is 0 Å². The molecule has 5 heteroatoms. The second-order valence-electron chi connectivity index (χ2n) is 5.39. The van der Waals surface area contributed by atoms with E-state index in [4.69, 9.17) is 4.52 Å². The molecule has 0 spiro atoms. The van der Waals surface area contributed by atoms with E-state index < -0.39 is 0 Å². The third-order valence-corrected chi connectivity index (χ3v) is 4.05. The molecule has 1 heterocycles. The van der Waals surface area contributed by atoms with Crippen LogP contribution in [0.25, 0.3) is 0 Å². The molecule has 2 rings (SSSR count). The van der Waals surface area contributed by atoms with Gasteiger partial charge in [-0.1, -0.05) is 54.0 Å². The molecule has 0 unspecified atom stereocenters. The van der Waals surface area contributed by atoms with Gasteiger partial charge in [-0.15, -0.1) is 11.8 Å². The van der Waals surface area contributed by atoms with Crippen molar-refractivity contribution < 1.29 is 4.52 Å². The average Bonchev–Trinajstić information content (AvgIpc) is 2.80. The van der Waals surface area contributed by atoms with Gasteiger partial charge in [0.1, 0.15) is 0 Å². The van der Waals surface area contributed by atoms with Gasteiger partial charge < -0.3 is 4.52 Å². The van der Waals surface area contributed by atoms with Crippen LogP contribution in [0.2, 0.25) is 0 Å². The minimum atomic E-state index is -0.0817. The van der Waals surface area contributed by atoms with Gasteiger partial charge >= 0.3 is 0 Å². The van der Waals surface area contributed by atoms with Crippen LogP contribution in [-0.2, 0) is 16.9 Å². The molecule has 0 N–H and O–H groups in total. The number of thioether (sulfide) groups is 1. The summed E-state index contributed by atoms with van der Waals surface area (Å²) >= 11 is 5.22. The first kappa shape index (κ1) is 14.6. The van der Waals surface area contributed by atoms with E-state index in [-0.39, 0.29) is 5.41 Å². The first-order valence-electron chi connectivity index (χ1n) is 6.10. The van der Waals surface area contributed by atoms with Crippen LogP contribution >= 0.6 is 27.7 Å². The molecule has 0 amide bonds. The fourth-order valence-corrected chi connectivity index (χ4v) is 2.55. The molecular weight excluding hydrogens is 324 g/mol.